The van der Waals surface area contributed by atoms with Gasteiger partial charge in [0.15, 0.2) is 11.4 Å². The van der Waals surface area contributed by atoms with Crippen LogP contribution >= 0.6 is 23.2 Å². The summed E-state index contributed by atoms with van der Waals surface area (Å²) >= 11 is 12.4. The van der Waals surface area contributed by atoms with Gasteiger partial charge in [0.25, 0.3) is 0 Å². The fourth-order valence-corrected chi connectivity index (χ4v) is 4.64. The van der Waals surface area contributed by atoms with E-state index in [0.29, 0.717) is 40.7 Å². The maximum atomic E-state index is 13.0. The third-order valence-corrected chi connectivity index (χ3v) is 6.12. The molecule has 5 nitrogen and oxygen atoms in total. The number of halogens is 2. The second-order valence-electron chi connectivity index (χ2n) is 7.72. The number of benzene rings is 2. The lowest BCUT2D eigenvalue weighted by Gasteiger charge is -2.23. The van der Waals surface area contributed by atoms with Crippen LogP contribution in [0.1, 0.15) is 39.6 Å². The Morgan fingerprint density at radius 3 is 2.61 bits per heavy atom. The van der Waals surface area contributed by atoms with Gasteiger partial charge in [0, 0.05) is 29.8 Å². The highest BCUT2D eigenvalue weighted by atomic mass is 35.5. The zero-order chi connectivity index (χ0) is 21.5. The van der Waals surface area contributed by atoms with Crippen molar-refractivity contribution in [1.82, 2.24) is 14.6 Å². The minimum atomic E-state index is 0.0460. The predicted molar refractivity (Wildman–Crippen MR) is 121 cm³/mol. The number of hydrogen-bond donors (Lipinski definition) is 0. The predicted octanol–water partition coefficient (Wildman–Crippen LogP) is 5.76. The lowest BCUT2D eigenvalue weighted by molar-refractivity contribution is 0.0962. The molecule has 0 N–H and O–H groups in total. The average Bonchev–Trinajstić information content (AvgIpc) is 3.09. The van der Waals surface area contributed by atoms with Crippen molar-refractivity contribution in [2.24, 2.45) is 0 Å². The van der Waals surface area contributed by atoms with Crippen LogP contribution in [0.4, 0.5) is 0 Å². The van der Waals surface area contributed by atoms with E-state index in [-0.39, 0.29) is 11.7 Å². The fraction of sp³-hybridized carbons (Fsp3) is 0.208. The molecule has 156 valence electrons. The van der Waals surface area contributed by atoms with E-state index in [4.69, 9.17) is 32.9 Å². The van der Waals surface area contributed by atoms with Gasteiger partial charge in [0.05, 0.1) is 29.1 Å². The second-order valence-corrected chi connectivity index (χ2v) is 8.59. The molecule has 2 heterocycles. The number of carbonyl (C=O) groups is 1. The number of ether oxygens (including phenoxy) is 1. The Morgan fingerprint density at radius 2 is 1.87 bits per heavy atom. The lowest BCUT2D eigenvalue weighted by Crippen LogP contribution is -2.21. The summed E-state index contributed by atoms with van der Waals surface area (Å²) in [4.78, 5) is 17.9. The van der Waals surface area contributed by atoms with Crippen LogP contribution in [0.5, 0.6) is 0 Å². The molecule has 2 aromatic carbocycles. The van der Waals surface area contributed by atoms with Crippen LogP contribution < -0.4 is 0 Å². The summed E-state index contributed by atoms with van der Waals surface area (Å²) in [5, 5.41) is 5.96. The van der Waals surface area contributed by atoms with E-state index < -0.39 is 0 Å². The molecule has 0 amide bonds. The lowest BCUT2D eigenvalue weighted by atomic mass is 9.82. The molecule has 7 heteroatoms. The fourth-order valence-electron chi connectivity index (χ4n) is 4.25. The molecule has 0 aliphatic heterocycles. The quantitative estimate of drug-likeness (QED) is 0.395. The second kappa shape index (κ2) is 8.08. The van der Waals surface area contributed by atoms with Gasteiger partial charge in [-0.1, -0.05) is 47.5 Å². The summed E-state index contributed by atoms with van der Waals surface area (Å²) in [6.45, 7) is 0.328. The minimum Gasteiger partial charge on any atom is -0.378 e. The maximum Gasteiger partial charge on any atom is 0.166 e. The molecule has 5 rings (SSSR count). The standard InChI is InChI=1S/C24H19Cl2N3O2/c1-31-13-21-23(15-5-3-7-18(26)9-15)24-27-20-10-16(14-4-2-6-17(25)8-14)11-22(30)19(20)12-29(24)28-21/h2-9,12,16H,10-11,13H2,1H3. The average molecular weight is 452 g/mol. The Labute approximate surface area is 189 Å². The molecule has 1 aliphatic carbocycles. The number of aromatic nitrogens is 3. The smallest absolute Gasteiger partial charge is 0.166 e. The van der Waals surface area contributed by atoms with E-state index in [2.05, 4.69) is 5.10 Å². The molecule has 1 unspecified atom stereocenters. The van der Waals surface area contributed by atoms with Gasteiger partial charge in [-0.2, -0.15) is 5.10 Å². The number of fused-ring (bicyclic) bond motifs is 2. The van der Waals surface area contributed by atoms with Gasteiger partial charge in [0.2, 0.25) is 0 Å². The Bertz CT molecular complexity index is 1320. The van der Waals surface area contributed by atoms with Gasteiger partial charge in [-0.05, 0) is 47.7 Å². The van der Waals surface area contributed by atoms with Crippen molar-refractivity contribution in [3.05, 3.63) is 87.3 Å². The Balaban J connectivity index is 1.66. The summed E-state index contributed by atoms with van der Waals surface area (Å²) in [6.07, 6.45) is 2.88. The summed E-state index contributed by atoms with van der Waals surface area (Å²) in [6, 6.07) is 15.3. The normalized spacial score (nSPS) is 16.0. The highest BCUT2D eigenvalue weighted by Gasteiger charge is 2.29. The molecule has 0 saturated heterocycles. The molecular formula is C24H19Cl2N3O2. The number of carbonyl (C=O) groups excluding carboxylic acids is 1. The van der Waals surface area contributed by atoms with E-state index in [9.17, 15) is 4.79 Å². The topological polar surface area (TPSA) is 56.5 Å². The van der Waals surface area contributed by atoms with Crippen LogP contribution in [-0.2, 0) is 17.8 Å². The highest BCUT2D eigenvalue weighted by molar-refractivity contribution is 6.31. The van der Waals surface area contributed by atoms with Crippen molar-refractivity contribution in [2.75, 3.05) is 7.11 Å². The highest BCUT2D eigenvalue weighted by Crippen LogP contribution is 2.35. The Kier molecular flexibility index (Phi) is 5.26. The number of nitrogens with zero attached hydrogens (tertiary/aromatic N) is 3. The monoisotopic (exact) mass is 451 g/mol. The van der Waals surface area contributed by atoms with Crippen molar-refractivity contribution < 1.29 is 9.53 Å². The Morgan fingerprint density at radius 1 is 1.10 bits per heavy atom. The largest absolute Gasteiger partial charge is 0.378 e. The first-order valence-electron chi connectivity index (χ1n) is 9.98. The number of Topliss-reactive ketones (excluding diaryl/α,β-unsaturated/α-hetero) is 1. The van der Waals surface area contributed by atoms with Crippen molar-refractivity contribution in [3.8, 4) is 11.1 Å². The molecular weight excluding hydrogens is 433 g/mol. The van der Waals surface area contributed by atoms with Crippen molar-refractivity contribution in [2.45, 2.75) is 25.4 Å². The van der Waals surface area contributed by atoms with Crippen molar-refractivity contribution in [3.63, 3.8) is 0 Å². The van der Waals surface area contributed by atoms with E-state index in [1.54, 1.807) is 17.8 Å². The first-order valence-corrected chi connectivity index (χ1v) is 10.7. The van der Waals surface area contributed by atoms with Crippen LogP contribution in [0.3, 0.4) is 0 Å². The van der Waals surface area contributed by atoms with Crippen LogP contribution in [0.25, 0.3) is 16.8 Å². The third-order valence-electron chi connectivity index (χ3n) is 5.65. The van der Waals surface area contributed by atoms with E-state index in [0.717, 1.165) is 28.1 Å². The van der Waals surface area contributed by atoms with Gasteiger partial charge >= 0.3 is 0 Å². The summed E-state index contributed by atoms with van der Waals surface area (Å²) < 4.78 is 7.05. The zero-order valence-corrected chi connectivity index (χ0v) is 18.3. The summed E-state index contributed by atoms with van der Waals surface area (Å²) in [5.74, 6) is 0.110. The SMILES string of the molecule is COCc1nn2cc3c(nc2c1-c1cccc(Cl)c1)CC(c1cccc(Cl)c1)CC3=O. The number of methoxy groups -OCH3 is 1. The van der Waals surface area contributed by atoms with Gasteiger partial charge in [-0.3, -0.25) is 4.79 Å². The van der Waals surface area contributed by atoms with Crippen molar-refractivity contribution in [1.29, 1.82) is 0 Å². The molecule has 0 radical (unpaired) electrons. The number of ketones is 1. The molecule has 0 bridgehead atoms. The molecule has 1 atom stereocenters. The molecule has 1 aliphatic rings. The number of hydrogen-bond acceptors (Lipinski definition) is 4. The van der Waals surface area contributed by atoms with Crippen LogP contribution in [-0.4, -0.2) is 27.5 Å². The summed E-state index contributed by atoms with van der Waals surface area (Å²) in [5.41, 5.74) is 5.67. The molecule has 4 aromatic rings. The van der Waals surface area contributed by atoms with Gasteiger partial charge in [0.1, 0.15) is 0 Å². The van der Waals surface area contributed by atoms with Gasteiger partial charge in [-0.15, -0.1) is 0 Å². The minimum absolute atomic E-state index is 0.0460. The van der Waals surface area contributed by atoms with Gasteiger partial charge in [-0.25, -0.2) is 9.50 Å². The first kappa shape index (κ1) is 20.2. The van der Waals surface area contributed by atoms with Crippen LogP contribution in [0, 0.1) is 0 Å². The van der Waals surface area contributed by atoms with E-state index in [1.165, 1.54) is 0 Å². The Hall–Kier alpha value is -2.73. The number of rotatable bonds is 4. The molecule has 2 aromatic heterocycles. The third kappa shape index (κ3) is 3.74. The van der Waals surface area contributed by atoms with Crippen LogP contribution in [0.15, 0.2) is 54.7 Å². The van der Waals surface area contributed by atoms with Crippen LogP contribution in [0.2, 0.25) is 10.0 Å². The molecule has 0 spiro atoms. The maximum absolute atomic E-state index is 13.0. The molecule has 0 saturated carbocycles. The summed E-state index contributed by atoms with van der Waals surface area (Å²) in [7, 11) is 1.63. The zero-order valence-electron chi connectivity index (χ0n) is 16.8. The van der Waals surface area contributed by atoms with Crippen molar-refractivity contribution >= 4 is 34.6 Å². The molecule has 31 heavy (non-hydrogen) atoms. The van der Waals surface area contributed by atoms with E-state index in [1.807, 2.05) is 48.5 Å². The van der Waals surface area contributed by atoms with Gasteiger partial charge < -0.3 is 4.74 Å². The first-order chi connectivity index (χ1) is 15.0. The van der Waals surface area contributed by atoms with E-state index >= 15 is 0 Å². The molecule has 0 fully saturated rings.